The topological polar surface area (TPSA) is 48.0 Å². The number of aromatic nitrogens is 1. The molecule has 3 nitrogen and oxygen atoms in total. The lowest BCUT2D eigenvalue weighted by atomic mass is 10.2. The number of halogens is 1. The molecule has 0 saturated carbocycles. The fourth-order valence-corrected chi connectivity index (χ4v) is 1.76. The van der Waals surface area contributed by atoms with Gasteiger partial charge < -0.3 is 10.3 Å². The smallest absolute Gasteiger partial charge is 0.240 e. The van der Waals surface area contributed by atoms with Crippen molar-refractivity contribution in [2.24, 2.45) is 5.73 Å². The summed E-state index contributed by atoms with van der Waals surface area (Å²) in [5, 5.41) is 1.70. The van der Waals surface area contributed by atoms with E-state index in [9.17, 15) is 4.79 Å². The second-order valence-electron chi connectivity index (χ2n) is 3.50. The molecule has 4 heteroatoms. The van der Waals surface area contributed by atoms with E-state index < -0.39 is 0 Å². The number of amides is 1. The molecule has 0 bridgehead atoms. The van der Waals surface area contributed by atoms with Gasteiger partial charge in [0.15, 0.2) is 0 Å². The molecular weight excluding hydrogens is 212 g/mol. The maximum absolute atomic E-state index is 11.1. The zero-order valence-electron chi connectivity index (χ0n) is 8.27. The van der Waals surface area contributed by atoms with Crippen molar-refractivity contribution < 1.29 is 4.79 Å². The summed E-state index contributed by atoms with van der Waals surface area (Å²) in [4.78, 5) is 11.1. The molecule has 0 spiro atoms. The molecule has 15 heavy (non-hydrogen) atoms. The van der Waals surface area contributed by atoms with Gasteiger partial charge in [0.05, 0.1) is 5.52 Å². The van der Waals surface area contributed by atoms with Gasteiger partial charge in [-0.25, -0.2) is 0 Å². The van der Waals surface area contributed by atoms with Crippen molar-refractivity contribution in [3.05, 3.63) is 35.5 Å². The molecule has 2 N–H and O–H groups in total. The van der Waals surface area contributed by atoms with Crippen LogP contribution in [-0.2, 0) is 4.79 Å². The fourth-order valence-electron chi connectivity index (χ4n) is 1.60. The highest BCUT2D eigenvalue weighted by Gasteiger charge is 2.12. The normalized spacial score (nSPS) is 12.9. The van der Waals surface area contributed by atoms with Crippen LogP contribution in [0.1, 0.15) is 13.0 Å². The minimum absolute atomic E-state index is 0.354. The molecule has 0 fully saturated rings. The van der Waals surface area contributed by atoms with E-state index in [1.165, 1.54) is 0 Å². The third kappa shape index (κ3) is 1.70. The molecule has 1 aromatic heterocycles. The van der Waals surface area contributed by atoms with Crippen LogP contribution in [0.5, 0.6) is 0 Å². The predicted octanol–water partition coefficient (Wildman–Crippen LogP) is 2.34. The van der Waals surface area contributed by atoms with Crippen molar-refractivity contribution >= 4 is 28.4 Å². The van der Waals surface area contributed by atoms with E-state index in [-0.39, 0.29) is 11.9 Å². The number of fused-ring (bicyclic) bond motifs is 1. The molecule has 0 unspecified atom stereocenters. The number of hydrogen-bond acceptors (Lipinski definition) is 1. The number of nitrogens with two attached hydrogens (primary N) is 1. The molecule has 1 aromatic carbocycles. The summed E-state index contributed by atoms with van der Waals surface area (Å²) in [6, 6.07) is 7.15. The van der Waals surface area contributed by atoms with Crippen LogP contribution >= 0.6 is 11.6 Å². The van der Waals surface area contributed by atoms with Crippen molar-refractivity contribution in [3.63, 3.8) is 0 Å². The number of hydrogen-bond donors (Lipinski definition) is 1. The zero-order chi connectivity index (χ0) is 11.0. The summed E-state index contributed by atoms with van der Waals surface area (Å²) < 4.78 is 1.82. The van der Waals surface area contributed by atoms with Crippen LogP contribution in [0.15, 0.2) is 30.5 Å². The van der Waals surface area contributed by atoms with Crippen molar-refractivity contribution in [1.29, 1.82) is 0 Å². The first-order chi connectivity index (χ1) is 7.09. The fraction of sp³-hybridized carbons (Fsp3) is 0.182. The Labute approximate surface area is 92.4 Å². The van der Waals surface area contributed by atoms with Crippen LogP contribution in [-0.4, -0.2) is 10.5 Å². The molecule has 0 aliphatic rings. The predicted molar refractivity (Wildman–Crippen MR) is 60.9 cm³/mol. The molecule has 1 amide bonds. The standard InChI is InChI=1S/C11H11ClN2O/c1-7(11(13)15)14-5-4-8-2-3-9(12)6-10(8)14/h2-7H,1H3,(H2,13,15)/t7-/m1/s1. The monoisotopic (exact) mass is 222 g/mol. The Bertz CT molecular complexity index is 518. The molecule has 2 rings (SSSR count). The summed E-state index contributed by atoms with van der Waals surface area (Å²) in [6.45, 7) is 1.77. The van der Waals surface area contributed by atoms with E-state index in [1.807, 2.05) is 35.0 Å². The van der Waals surface area contributed by atoms with Crippen molar-refractivity contribution in [1.82, 2.24) is 4.57 Å². The molecular formula is C11H11ClN2O. The molecule has 78 valence electrons. The Balaban J connectivity index is 2.61. The molecule has 1 heterocycles. The van der Waals surface area contributed by atoms with Gasteiger partial charge in [0, 0.05) is 11.2 Å². The second kappa shape index (κ2) is 3.59. The van der Waals surface area contributed by atoms with E-state index in [2.05, 4.69) is 0 Å². The molecule has 2 aromatic rings. The van der Waals surface area contributed by atoms with Crippen LogP contribution in [0, 0.1) is 0 Å². The largest absolute Gasteiger partial charge is 0.368 e. The Morgan fingerprint density at radius 2 is 2.20 bits per heavy atom. The Morgan fingerprint density at radius 1 is 1.47 bits per heavy atom. The summed E-state index contributed by atoms with van der Waals surface area (Å²) in [6.07, 6.45) is 1.84. The number of rotatable bonds is 2. The Kier molecular flexibility index (Phi) is 2.40. The van der Waals surface area contributed by atoms with Gasteiger partial charge >= 0.3 is 0 Å². The van der Waals surface area contributed by atoms with Crippen LogP contribution < -0.4 is 5.73 Å². The third-order valence-corrected chi connectivity index (χ3v) is 2.75. The van der Waals surface area contributed by atoms with Gasteiger partial charge in [-0.3, -0.25) is 4.79 Å². The van der Waals surface area contributed by atoms with Gasteiger partial charge in [0.1, 0.15) is 6.04 Å². The van der Waals surface area contributed by atoms with E-state index >= 15 is 0 Å². The van der Waals surface area contributed by atoms with Crippen LogP contribution in [0.25, 0.3) is 10.9 Å². The first-order valence-corrected chi connectivity index (χ1v) is 5.03. The first kappa shape index (κ1) is 10.1. The van der Waals surface area contributed by atoms with Crippen LogP contribution in [0.2, 0.25) is 5.02 Å². The highest BCUT2D eigenvalue weighted by atomic mass is 35.5. The first-order valence-electron chi connectivity index (χ1n) is 4.65. The van der Waals surface area contributed by atoms with E-state index in [0.29, 0.717) is 5.02 Å². The van der Waals surface area contributed by atoms with Gasteiger partial charge in [0.2, 0.25) is 5.91 Å². The van der Waals surface area contributed by atoms with Gasteiger partial charge in [-0.15, -0.1) is 0 Å². The van der Waals surface area contributed by atoms with Crippen LogP contribution in [0.3, 0.4) is 0 Å². The van der Waals surface area contributed by atoms with Gasteiger partial charge in [0.25, 0.3) is 0 Å². The van der Waals surface area contributed by atoms with Gasteiger partial charge in [-0.05, 0) is 30.5 Å². The van der Waals surface area contributed by atoms with Crippen LogP contribution in [0.4, 0.5) is 0 Å². The number of carbonyl (C=O) groups is 1. The van der Waals surface area contributed by atoms with Crippen molar-refractivity contribution in [2.75, 3.05) is 0 Å². The maximum atomic E-state index is 11.1. The highest BCUT2D eigenvalue weighted by Crippen LogP contribution is 2.23. The summed E-state index contributed by atoms with van der Waals surface area (Å²) in [5.74, 6) is -0.354. The molecule has 0 aliphatic heterocycles. The molecule has 0 radical (unpaired) electrons. The lowest BCUT2D eigenvalue weighted by Crippen LogP contribution is -2.23. The Hall–Kier alpha value is -1.48. The van der Waals surface area contributed by atoms with E-state index in [0.717, 1.165) is 10.9 Å². The average molecular weight is 223 g/mol. The summed E-state index contributed by atoms with van der Waals surface area (Å²) in [7, 11) is 0. The zero-order valence-corrected chi connectivity index (χ0v) is 9.03. The average Bonchev–Trinajstić information content (AvgIpc) is 2.59. The quantitative estimate of drug-likeness (QED) is 0.833. The second-order valence-corrected chi connectivity index (χ2v) is 3.94. The SMILES string of the molecule is C[C@H](C(N)=O)n1ccc2ccc(Cl)cc21. The third-order valence-electron chi connectivity index (χ3n) is 2.51. The van der Waals surface area contributed by atoms with Gasteiger partial charge in [-0.2, -0.15) is 0 Å². The van der Waals surface area contributed by atoms with Crippen molar-refractivity contribution in [2.45, 2.75) is 13.0 Å². The summed E-state index contributed by atoms with van der Waals surface area (Å²) in [5.41, 5.74) is 6.19. The number of nitrogens with zero attached hydrogens (tertiary/aromatic N) is 1. The highest BCUT2D eigenvalue weighted by molar-refractivity contribution is 6.31. The lowest BCUT2D eigenvalue weighted by Gasteiger charge is -2.11. The van der Waals surface area contributed by atoms with Gasteiger partial charge in [-0.1, -0.05) is 17.7 Å². The summed E-state index contributed by atoms with van der Waals surface area (Å²) >= 11 is 5.90. The maximum Gasteiger partial charge on any atom is 0.240 e. The Morgan fingerprint density at radius 3 is 2.87 bits per heavy atom. The minimum atomic E-state index is -0.360. The minimum Gasteiger partial charge on any atom is -0.368 e. The van der Waals surface area contributed by atoms with E-state index in [4.69, 9.17) is 17.3 Å². The lowest BCUT2D eigenvalue weighted by molar-refractivity contribution is -0.120. The number of primary amides is 1. The van der Waals surface area contributed by atoms with E-state index in [1.54, 1.807) is 6.92 Å². The molecule has 1 atom stereocenters. The molecule has 0 aliphatic carbocycles. The number of carbonyl (C=O) groups excluding carboxylic acids is 1. The number of benzene rings is 1. The van der Waals surface area contributed by atoms with Crippen molar-refractivity contribution in [3.8, 4) is 0 Å². The molecule has 0 saturated heterocycles.